The van der Waals surface area contributed by atoms with Crippen LogP contribution < -0.4 is 4.72 Å². The SMILES string of the molecule is Cc1ccc(S(=O)(=O)NC2=C(C#Cc3ccccc3)c3ccc(Cl)cc3[C@H]2c2ccccc2)cc1. The molecule has 1 aliphatic carbocycles. The molecule has 5 heteroatoms. The van der Waals surface area contributed by atoms with E-state index in [4.69, 9.17) is 11.6 Å². The number of rotatable bonds is 4. The van der Waals surface area contributed by atoms with E-state index in [2.05, 4.69) is 16.6 Å². The Balaban J connectivity index is 1.71. The summed E-state index contributed by atoms with van der Waals surface area (Å²) in [6.07, 6.45) is 0. The molecule has 0 amide bonds. The summed E-state index contributed by atoms with van der Waals surface area (Å²) < 4.78 is 29.9. The van der Waals surface area contributed by atoms with E-state index in [0.717, 1.165) is 27.8 Å². The lowest BCUT2D eigenvalue weighted by molar-refractivity contribution is 0.587. The lowest BCUT2D eigenvalue weighted by atomic mass is 9.91. The first-order valence-corrected chi connectivity index (χ1v) is 13.0. The molecule has 0 fully saturated rings. The highest BCUT2D eigenvalue weighted by molar-refractivity contribution is 7.89. The zero-order chi connectivity index (χ0) is 24.4. The molecule has 0 heterocycles. The highest BCUT2D eigenvalue weighted by Gasteiger charge is 2.35. The van der Waals surface area contributed by atoms with Gasteiger partial charge in [-0.15, -0.1) is 0 Å². The maximum atomic E-state index is 13.5. The highest BCUT2D eigenvalue weighted by atomic mass is 35.5. The lowest BCUT2D eigenvalue weighted by Crippen LogP contribution is -2.26. The van der Waals surface area contributed by atoms with Gasteiger partial charge < -0.3 is 0 Å². The van der Waals surface area contributed by atoms with Gasteiger partial charge in [-0.25, -0.2) is 8.42 Å². The largest absolute Gasteiger partial charge is 0.281 e. The van der Waals surface area contributed by atoms with Crippen LogP contribution in [-0.4, -0.2) is 8.42 Å². The van der Waals surface area contributed by atoms with Crippen LogP contribution in [-0.2, 0) is 10.0 Å². The molecular formula is C30H22ClNO2S. The third-order valence-corrected chi connectivity index (χ3v) is 7.58. The minimum Gasteiger partial charge on any atom is -0.281 e. The number of hydrogen-bond donors (Lipinski definition) is 1. The van der Waals surface area contributed by atoms with Gasteiger partial charge in [0.1, 0.15) is 0 Å². The summed E-state index contributed by atoms with van der Waals surface area (Å²) in [4.78, 5) is 0.201. The molecule has 0 unspecified atom stereocenters. The van der Waals surface area contributed by atoms with Crippen LogP contribution in [0, 0.1) is 18.8 Å². The fourth-order valence-corrected chi connectivity index (χ4v) is 5.56. The summed E-state index contributed by atoms with van der Waals surface area (Å²) in [5, 5.41) is 0.586. The molecule has 0 aliphatic heterocycles. The van der Waals surface area contributed by atoms with Crippen molar-refractivity contribution in [2.75, 3.05) is 0 Å². The Morgan fingerprint density at radius 2 is 1.46 bits per heavy atom. The quantitative estimate of drug-likeness (QED) is 0.327. The van der Waals surface area contributed by atoms with Crippen molar-refractivity contribution in [3.05, 3.63) is 142 Å². The molecule has 0 radical (unpaired) electrons. The minimum absolute atomic E-state index is 0.201. The first-order chi connectivity index (χ1) is 16.9. The monoisotopic (exact) mass is 495 g/mol. The molecule has 4 aromatic rings. The second-order valence-electron chi connectivity index (χ2n) is 8.40. The molecule has 172 valence electrons. The number of benzene rings is 4. The van der Waals surface area contributed by atoms with Gasteiger partial charge in [0.15, 0.2) is 0 Å². The number of nitrogens with one attached hydrogen (secondary N) is 1. The van der Waals surface area contributed by atoms with Gasteiger partial charge in [-0.2, -0.15) is 0 Å². The zero-order valence-corrected chi connectivity index (χ0v) is 20.6. The Kier molecular flexibility index (Phi) is 6.21. The van der Waals surface area contributed by atoms with Crippen LogP contribution in [0.5, 0.6) is 0 Å². The van der Waals surface area contributed by atoms with Crippen molar-refractivity contribution in [2.24, 2.45) is 0 Å². The van der Waals surface area contributed by atoms with Gasteiger partial charge in [-0.1, -0.05) is 95.7 Å². The van der Waals surface area contributed by atoms with E-state index in [1.165, 1.54) is 0 Å². The molecule has 0 saturated heterocycles. The van der Waals surface area contributed by atoms with E-state index in [0.29, 0.717) is 16.3 Å². The van der Waals surface area contributed by atoms with Gasteiger partial charge in [0.25, 0.3) is 10.0 Å². The lowest BCUT2D eigenvalue weighted by Gasteiger charge is -2.19. The zero-order valence-electron chi connectivity index (χ0n) is 19.0. The predicted molar refractivity (Wildman–Crippen MR) is 141 cm³/mol. The first-order valence-electron chi connectivity index (χ1n) is 11.2. The average molecular weight is 496 g/mol. The predicted octanol–water partition coefficient (Wildman–Crippen LogP) is 6.54. The Morgan fingerprint density at radius 3 is 2.14 bits per heavy atom. The molecule has 0 aromatic heterocycles. The molecule has 4 aromatic carbocycles. The summed E-state index contributed by atoms with van der Waals surface area (Å²) in [5.74, 6) is 6.11. The normalized spacial score (nSPS) is 14.7. The number of sulfonamides is 1. The summed E-state index contributed by atoms with van der Waals surface area (Å²) in [6, 6.07) is 31.9. The van der Waals surface area contributed by atoms with E-state index in [-0.39, 0.29) is 10.8 Å². The van der Waals surface area contributed by atoms with Gasteiger partial charge in [0.05, 0.1) is 22.1 Å². The number of allylic oxidation sites excluding steroid dienone is 2. The van der Waals surface area contributed by atoms with Crippen molar-refractivity contribution in [3.8, 4) is 11.8 Å². The number of halogens is 1. The van der Waals surface area contributed by atoms with Crippen molar-refractivity contribution in [2.45, 2.75) is 17.7 Å². The smallest absolute Gasteiger partial charge is 0.261 e. The summed E-state index contributed by atoms with van der Waals surface area (Å²) in [6.45, 7) is 1.92. The van der Waals surface area contributed by atoms with Crippen LogP contribution in [0.15, 0.2) is 114 Å². The fourth-order valence-electron chi connectivity index (χ4n) is 4.26. The van der Waals surface area contributed by atoms with Crippen molar-refractivity contribution in [3.63, 3.8) is 0 Å². The van der Waals surface area contributed by atoms with Gasteiger partial charge in [0, 0.05) is 10.6 Å². The molecule has 0 saturated carbocycles. The third-order valence-electron chi connectivity index (χ3n) is 5.97. The topological polar surface area (TPSA) is 46.2 Å². The van der Waals surface area contributed by atoms with E-state index in [9.17, 15) is 8.42 Å². The average Bonchev–Trinajstić information content (AvgIpc) is 3.15. The second kappa shape index (κ2) is 9.46. The second-order valence-corrected chi connectivity index (χ2v) is 10.5. The summed E-state index contributed by atoms with van der Waals surface area (Å²) >= 11 is 6.40. The van der Waals surface area contributed by atoms with Crippen LogP contribution in [0.1, 0.15) is 33.7 Å². The molecular weight excluding hydrogens is 474 g/mol. The van der Waals surface area contributed by atoms with Crippen LogP contribution in [0.25, 0.3) is 5.57 Å². The number of hydrogen-bond acceptors (Lipinski definition) is 2. The van der Waals surface area contributed by atoms with Crippen LogP contribution in [0.4, 0.5) is 0 Å². The standard InChI is InChI=1S/C30H22ClNO2S/c1-21-12-16-25(17-13-21)35(33,34)32-30-27(18-14-22-8-4-2-5-9-22)26-19-15-24(31)20-28(26)29(30)23-10-6-3-7-11-23/h2-13,15-17,19-20,29,32H,1H3/t29-/m1/s1. The fraction of sp³-hybridized carbons (Fsp3) is 0.0667. The summed E-state index contributed by atoms with van der Waals surface area (Å²) in [5.41, 5.74) is 5.75. The molecule has 3 nitrogen and oxygen atoms in total. The molecule has 1 atom stereocenters. The number of aryl methyl sites for hydroxylation is 1. The van der Waals surface area contributed by atoms with Gasteiger partial charge >= 0.3 is 0 Å². The Morgan fingerprint density at radius 1 is 0.800 bits per heavy atom. The van der Waals surface area contributed by atoms with E-state index in [1.807, 2.05) is 85.8 Å². The molecule has 5 rings (SSSR count). The molecule has 0 spiro atoms. The maximum Gasteiger partial charge on any atom is 0.261 e. The first kappa shape index (κ1) is 23.0. The molecule has 1 N–H and O–H groups in total. The Bertz CT molecular complexity index is 1580. The van der Waals surface area contributed by atoms with Crippen LogP contribution in [0.2, 0.25) is 5.02 Å². The van der Waals surface area contributed by atoms with Crippen molar-refractivity contribution >= 4 is 27.2 Å². The third kappa shape index (κ3) is 4.74. The van der Waals surface area contributed by atoms with Crippen LogP contribution >= 0.6 is 11.6 Å². The highest BCUT2D eigenvalue weighted by Crippen LogP contribution is 2.45. The van der Waals surface area contributed by atoms with Crippen molar-refractivity contribution in [1.82, 2.24) is 4.72 Å². The van der Waals surface area contributed by atoms with Gasteiger partial charge in [-0.3, -0.25) is 4.72 Å². The van der Waals surface area contributed by atoms with Crippen molar-refractivity contribution in [1.29, 1.82) is 0 Å². The van der Waals surface area contributed by atoms with E-state index in [1.54, 1.807) is 24.3 Å². The van der Waals surface area contributed by atoms with Gasteiger partial charge in [0.2, 0.25) is 0 Å². The van der Waals surface area contributed by atoms with E-state index >= 15 is 0 Å². The Hall–Kier alpha value is -3.78. The maximum absolute atomic E-state index is 13.5. The van der Waals surface area contributed by atoms with Crippen LogP contribution in [0.3, 0.4) is 0 Å². The molecule has 0 bridgehead atoms. The minimum atomic E-state index is -3.85. The summed E-state index contributed by atoms with van der Waals surface area (Å²) in [7, 11) is -3.85. The van der Waals surface area contributed by atoms with E-state index < -0.39 is 10.0 Å². The Labute approximate surface area is 211 Å². The van der Waals surface area contributed by atoms with Crippen molar-refractivity contribution < 1.29 is 8.42 Å². The molecule has 1 aliphatic rings. The molecule has 35 heavy (non-hydrogen) atoms. The number of fused-ring (bicyclic) bond motifs is 1. The van der Waals surface area contributed by atoms with Gasteiger partial charge in [-0.05, 0) is 60.0 Å².